The van der Waals surface area contributed by atoms with Crippen molar-refractivity contribution in [2.45, 2.75) is 24.8 Å². The molecule has 9 heteroatoms. The number of aryl methyl sites for hydroxylation is 1. The summed E-state index contributed by atoms with van der Waals surface area (Å²) >= 11 is 0. The number of hydrogen-bond donors (Lipinski definition) is 2. The third-order valence-electron chi connectivity index (χ3n) is 4.50. The van der Waals surface area contributed by atoms with Gasteiger partial charge in [-0.25, -0.2) is 17.6 Å². The number of rotatable bonds is 7. The Bertz CT molecular complexity index is 1230. The van der Waals surface area contributed by atoms with Crippen LogP contribution in [0.4, 0.5) is 15.8 Å². The molecule has 32 heavy (non-hydrogen) atoms. The second-order valence-electron chi connectivity index (χ2n) is 7.00. The van der Waals surface area contributed by atoms with E-state index in [4.69, 9.17) is 4.74 Å². The molecule has 0 aliphatic carbocycles. The maximum absolute atomic E-state index is 13.1. The Kier molecular flexibility index (Phi) is 6.89. The van der Waals surface area contributed by atoms with Gasteiger partial charge in [-0.3, -0.25) is 9.52 Å². The summed E-state index contributed by atoms with van der Waals surface area (Å²) in [6, 6.07) is 17.6. The number of carbonyl (C=O) groups excluding carboxylic acids is 2. The minimum atomic E-state index is -4.06. The van der Waals surface area contributed by atoms with Crippen molar-refractivity contribution in [2.24, 2.45) is 0 Å². The number of benzene rings is 3. The van der Waals surface area contributed by atoms with Crippen molar-refractivity contribution in [1.82, 2.24) is 0 Å². The summed E-state index contributed by atoms with van der Waals surface area (Å²) in [4.78, 5) is 24.7. The average molecular weight is 456 g/mol. The van der Waals surface area contributed by atoms with E-state index in [-0.39, 0.29) is 16.1 Å². The van der Waals surface area contributed by atoms with E-state index < -0.39 is 33.8 Å². The van der Waals surface area contributed by atoms with Gasteiger partial charge < -0.3 is 10.1 Å². The molecule has 0 bridgehead atoms. The molecule has 3 aromatic rings. The van der Waals surface area contributed by atoms with Crippen molar-refractivity contribution in [3.8, 4) is 0 Å². The molecule has 7 nitrogen and oxygen atoms in total. The molecule has 166 valence electrons. The molecule has 0 aliphatic heterocycles. The summed E-state index contributed by atoms with van der Waals surface area (Å²) in [6.07, 6.45) is -1.11. The van der Waals surface area contributed by atoms with Crippen LogP contribution in [0.5, 0.6) is 0 Å². The van der Waals surface area contributed by atoms with Gasteiger partial charge >= 0.3 is 5.97 Å². The highest BCUT2D eigenvalue weighted by molar-refractivity contribution is 7.92. The van der Waals surface area contributed by atoms with Crippen LogP contribution < -0.4 is 10.0 Å². The first kappa shape index (κ1) is 23.0. The van der Waals surface area contributed by atoms with Gasteiger partial charge in [0.2, 0.25) is 0 Å². The number of ether oxygens (including phenoxy) is 1. The summed E-state index contributed by atoms with van der Waals surface area (Å²) < 4.78 is 46.2. The first-order valence-electron chi connectivity index (χ1n) is 9.61. The van der Waals surface area contributed by atoms with Crippen molar-refractivity contribution < 1.29 is 27.1 Å². The van der Waals surface area contributed by atoms with E-state index >= 15 is 0 Å². The van der Waals surface area contributed by atoms with Crippen molar-refractivity contribution in [3.05, 3.63) is 89.7 Å². The molecular weight excluding hydrogens is 435 g/mol. The smallest absolute Gasteiger partial charge is 0.338 e. The van der Waals surface area contributed by atoms with Gasteiger partial charge in [0.15, 0.2) is 6.10 Å². The Morgan fingerprint density at radius 1 is 0.938 bits per heavy atom. The van der Waals surface area contributed by atoms with Gasteiger partial charge in [0.1, 0.15) is 5.82 Å². The first-order valence-corrected chi connectivity index (χ1v) is 11.1. The summed E-state index contributed by atoms with van der Waals surface area (Å²) in [5.74, 6) is -1.87. The third kappa shape index (κ3) is 5.70. The number of amides is 1. The lowest BCUT2D eigenvalue weighted by molar-refractivity contribution is -0.123. The number of nitrogens with one attached hydrogen (secondary N) is 2. The molecule has 0 radical (unpaired) electrons. The van der Waals surface area contributed by atoms with E-state index in [1.165, 1.54) is 37.3 Å². The minimum absolute atomic E-state index is 0.0329. The standard InChI is InChI=1S/C23H21FN2O5S/c1-15-8-9-17(14-21(15)32(29,30)26-20-12-10-18(24)11-13-20)23(28)31-16(2)22(27)25-19-6-4-3-5-7-19/h3-14,16,26H,1-2H3,(H,25,27)/t16-/m0/s1. The van der Waals surface area contributed by atoms with Crippen LogP contribution in [-0.4, -0.2) is 26.4 Å². The number of hydrogen-bond acceptors (Lipinski definition) is 5. The maximum Gasteiger partial charge on any atom is 0.338 e. The van der Waals surface area contributed by atoms with E-state index in [0.717, 1.165) is 12.1 Å². The fourth-order valence-corrected chi connectivity index (χ4v) is 4.12. The normalized spacial score (nSPS) is 12.0. The van der Waals surface area contributed by atoms with Gasteiger partial charge in [-0.05, 0) is 67.9 Å². The zero-order valence-corrected chi connectivity index (χ0v) is 18.1. The van der Waals surface area contributed by atoms with E-state index in [1.54, 1.807) is 37.3 Å². The first-order chi connectivity index (χ1) is 15.2. The van der Waals surface area contributed by atoms with Crippen LogP contribution in [-0.2, 0) is 19.6 Å². The molecular formula is C23H21FN2O5S. The highest BCUT2D eigenvalue weighted by Crippen LogP contribution is 2.22. The predicted molar refractivity (Wildman–Crippen MR) is 118 cm³/mol. The molecule has 0 aliphatic rings. The van der Waals surface area contributed by atoms with E-state index in [9.17, 15) is 22.4 Å². The van der Waals surface area contributed by atoms with E-state index in [0.29, 0.717) is 11.3 Å². The molecule has 1 atom stereocenters. The quantitative estimate of drug-likeness (QED) is 0.521. The van der Waals surface area contributed by atoms with Gasteiger partial charge in [-0.1, -0.05) is 24.3 Å². The van der Waals surface area contributed by atoms with Crippen LogP contribution in [0, 0.1) is 12.7 Å². The molecule has 0 aromatic heterocycles. The van der Waals surface area contributed by atoms with Gasteiger partial charge in [-0.15, -0.1) is 0 Å². The fourth-order valence-electron chi connectivity index (χ4n) is 2.79. The number of sulfonamides is 1. The Morgan fingerprint density at radius 3 is 2.25 bits per heavy atom. The summed E-state index contributed by atoms with van der Waals surface area (Å²) in [6.45, 7) is 2.99. The maximum atomic E-state index is 13.1. The van der Waals surface area contributed by atoms with Gasteiger partial charge in [0.05, 0.1) is 10.5 Å². The number of esters is 1. The van der Waals surface area contributed by atoms with Crippen molar-refractivity contribution in [3.63, 3.8) is 0 Å². The Hall–Kier alpha value is -3.72. The zero-order valence-electron chi connectivity index (χ0n) is 17.3. The molecule has 0 heterocycles. The Morgan fingerprint density at radius 2 is 1.59 bits per heavy atom. The monoisotopic (exact) mass is 456 g/mol. The molecule has 1 amide bonds. The number of para-hydroxylation sites is 1. The highest BCUT2D eigenvalue weighted by atomic mass is 32.2. The molecule has 0 unspecified atom stereocenters. The van der Waals surface area contributed by atoms with E-state index in [2.05, 4.69) is 10.0 Å². The number of anilines is 2. The van der Waals surface area contributed by atoms with Gasteiger partial charge in [-0.2, -0.15) is 0 Å². The third-order valence-corrected chi connectivity index (χ3v) is 6.03. The summed E-state index contributed by atoms with van der Waals surface area (Å²) in [5, 5.41) is 2.63. The lowest BCUT2D eigenvalue weighted by Crippen LogP contribution is -2.30. The lowest BCUT2D eigenvalue weighted by atomic mass is 10.1. The van der Waals surface area contributed by atoms with Crippen LogP contribution in [0.15, 0.2) is 77.7 Å². The van der Waals surface area contributed by atoms with Gasteiger partial charge in [0, 0.05) is 11.4 Å². The lowest BCUT2D eigenvalue weighted by Gasteiger charge is -2.15. The Labute approximate surface area is 185 Å². The number of halogens is 1. The Balaban J connectivity index is 1.74. The van der Waals surface area contributed by atoms with Gasteiger partial charge in [0.25, 0.3) is 15.9 Å². The molecule has 3 rings (SSSR count). The van der Waals surface area contributed by atoms with Crippen LogP contribution in [0.3, 0.4) is 0 Å². The second-order valence-corrected chi connectivity index (χ2v) is 8.65. The number of carbonyl (C=O) groups is 2. The van der Waals surface area contributed by atoms with Crippen LogP contribution in [0.1, 0.15) is 22.8 Å². The SMILES string of the molecule is Cc1ccc(C(=O)O[C@@H](C)C(=O)Nc2ccccc2)cc1S(=O)(=O)Nc1ccc(F)cc1. The molecule has 3 aromatic carbocycles. The zero-order chi connectivity index (χ0) is 23.3. The molecule has 0 spiro atoms. The second kappa shape index (κ2) is 9.61. The summed E-state index contributed by atoms with van der Waals surface area (Å²) in [5.41, 5.74) is 1.08. The average Bonchev–Trinajstić information content (AvgIpc) is 2.76. The predicted octanol–water partition coefficient (Wildman–Crippen LogP) is 4.12. The van der Waals surface area contributed by atoms with Crippen LogP contribution in [0.2, 0.25) is 0 Å². The molecule has 0 fully saturated rings. The summed E-state index contributed by atoms with van der Waals surface area (Å²) in [7, 11) is -4.06. The molecule has 0 saturated carbocycles. The largest absolute Gasteiger partial charge is 0.449 e. The minimum Gasteiger partial charge on any atom is -0.449 e. The van der Waals surface area contributed by atoms with Crippen molar-refractivity contribution >= 4 is 33.3 Å². The topological polar surface area (TPSA) is 102 Å². The van der Waals surface area contributed by atoms with Crippen molar-refractivity contribution in [1.29, 1.82) is 0 Å². The van der Waals surface area contributed by atoms with E-state index in [1.807, 2.05) is 0 Å². The van der Waals surface area contributed by atoms with Crippen LogP contribution >= 0.6 is 0 Å². The van der Waals surface area contributed by atoms with Crippen LogP contribution in [0.25, 0.3) is 0 Å². The van der Waals surface area contributed by atoms with Crippen molar-refractivity contribution in [2.75, 3.05) is 10.0 Å². The molecule has 0 saturated heterocycles. The molecule has 2 N–H and O–H groups in total. The highest BCUT2D eigenvalue weighted by Gasteiger charge is 2.23. The fraction of sp³-hybridized carbons (Fsp3) is 0.130.